The molecule has 2 saturated heterocycles. The summed E-state index contributed by atoms with van der Waals surface area (Å²) in [7, 11) is 0. The predicted octanol–water partition coefficient (Wildman–Crippen LogP) is 2.65. The first-order valence-electron chi connectivity index (χ1n) is 8.08. The normalized spacial score (nSPS) is 31.9. The lowest BCUT2D eigenvalue weighted by molar-refractivity contribution is -0.0896. The van der Waals surface area contributed by atoms with Crippen molar-refractivity contribution in [2.75, 3.05) is 26.2 Å². The number of hydrogen-bond donors (Lipinski definition) is 1. The molecule has 0 saturated carbocycles. The summed E-state index contributed by atoms with van der Waals surface area (Å²) in [6.45, 7) is 13.8. The molecule has 19 heavy (non-hydrogen) atoms. The van der Waals surface area contributed by atoms with Gasteiger partial charge in [0.25, 0.3) is 0 Å². The van der Waals surface area contributed by atoms with Gasteiger partial charge in [-0.05, 0) is 72.4 Å². The van der Waals surface area contributed by atoms with Crippen LogP contribution in [0.1, 0.15) is 53.4 Å². The minimum atomic E-state index is 0.0564. The van der Waals surface area contributed by atoms with Gasteiger partial charge < -0.3 is 10.1 Å². The van der Waals surface area contributed by atoms with E-state index in [0.717, 1.165) is 12.5 Å². The zero-order valence-corrected chi connectivity index (χ0v) is 13.2. The van der Waals surface area contributed by atoms with Crippen molar-refractivity contribution >= 4 is 0 Å². The highest BCUT2D eigenvalue weighted by Crippen LogP contribution is 2.29. The molecule has 0 bridgehead atoms. The van der Waals surface area contributed by atoms with Crippen molar-refractivity contribution < 1.29 is 4.74 Å². The largest absolute Gasteiger partial charge is 0.375 e. The van der Waals surface area contributed by atoms with E-state index in [0.29, 0.717) is 12.1 Å². The van der Waals surface area contributed by atoms with Crippen LogP contribution in [0.25, 0.3) is 0 Å². The van der Waals surface area contributed by atoms with Crippen molar-refractivity contribution in [3.8, 4) is 0 Å². The van der Waals surface area contributed by atoms with Crippen LogP contribution in [0.2, 0.25) is 0 Å². The first-order chi connectivity index (χ1) is 8.98. The van der Waals surface area contributed by atoms with Crippen LogP contribution in [0.3, 0.4) is 0 Å². The van der Waals surface area contributed by atoms with Gasteiger partial charge in [0.15, 0.2) is 0 Å². The van der Waals surface area contributed by atoms with Gasteiger partial charge in [0.05, 0.1) is 5.60 Å². The van der Waals surface area contributed by atoms with E-state index in [-0.39, 0.29) is 5.60 Å². The molecule has 2 rings (SSSR count). The van der Waals surface area contributed by atoms with E-state index < -0.39 is 0 Å². The van der Waals surface area contributed by atoms with Crippen LogP contribution in [-0.4, -0.2) is 48.8 Å². The van der Waals surface area contributed by atoms with Crippen molar-refractivity contribution in [1.29, 1.82) is 0 Å². The summed E-state index contributed by atoms with van der Waals surface area (Å²) in [6, 6.07) is 1.34. The number of rotatable bonds is 4. The van der Waals surface area contributed by atoms with Crippen molar-refractivity contribution in [2.45, 2.75) is 71.1 Å². The zero-order valence-electron chi connectivity index (χ0n) is 13.2. The van der Waals surface area contributed by atoms with E-state index in [1.165, 1.54) is 45.3 Å². The Morgan fingerprint density at radius 2 is 2.11 bits per heavy atom. The van der Waals surface area contributed by atoms with Crippen LogP contribution in [0.15, 0.2) is 0 Å². The van der Waals surface area contributed by atoms with E-state index >= 15 is 0 Å². The Balaban J connectivity index is 1.94. The molecule has 2 atom stereocenters. The molecule has 2 aliphatic rings. The fourth-order valence-corrected chi connectivity index (χ4v) is 3.64. The molecule has 0 aromatic rings. The lowest BCUT2D eigenvalue weighted by atomic mass is 9.90. The maximum atomic E-state index is 5.88. The first kappa shape index (κ1) is 15.3. The number of nitrogens with one attached hydrogen (secondary N) is 1. The van der Waals surface area contributed by atoms with E-state index in [9.17, 15) is 0 Å². The summed E-state index contributed by atoms with van der Waals surface area (Å²) < 4.78 is 5.88. The number of nitrogens with zero attached hydrogens (tertiary/aromatic N) is 1. The molecule has 0 aromatic carbocycles. The average molecular weight is 268 g/mol. The van der Waals surface area contributed by atoms with Gasteiger partial charge in [-0.3, -0.25) is 4.90 Å². The molecule has 2 heterocycles. The van der Waals surface area contributed by atoms with Crippen LogP contribution >= 0.6 is 0 Å². The lowest BCUT2D eigenvalue weighted by Gasteiger charge is -2.44. The third kappa shape index (κ3) is 4.44. The molecule has 0 aromatic heterocycles. The highest BCUT2D eigenvalue weighted by molar-refractivity contribution is 4.87. The topological polar surface area (TPSA) is 24.5 Å². The van der Waals surface area contributed by atoms with Gasteiger partial charge in [-0.1, -0.05) is 0 Å². The maximum Gasteiger partial charge on any atom is 0.0641 e. The Bertz CT molecular complexity index is 272. The van der Waals surface area contributed by atoms with Crippen LogP contribution < -0.4 is 5.32 Å². The zero-order chi connectivity index (χ0) is 13.9. The maximum absolute atomic E-state index is 5.88. The molecule has 3 heteroatoms. The third-order valence-electron chi connectivity index (χ3n) is 4.67. The van der Waals surface area contributed by atoms with Gasteiger partial charge in [-0.2, -0.15) is 0 Å². The van der Waals surface area contributed by atoms with Gasteiger partial charge in [-0.25, -0.2) is 0 Å². The van der Waals surface area contributed by atoms with Gasteiger partial charge in [-0.15, -0.1) is 0 Å². The summed E-state index contributed by atoms with van der Waals surface area (Å²) in [6.07, 6.45) is 5.10. The molecule has 0 amide bonds. The molecule has 2 unspecified atom stereocenters. The average Bonchev–Trinajstić information content (AvgIpc) is 2.35. The van der Waals surface area contributed by atoms with Crippen molar-refractivity contribution in [2.24, 2.45) is 5.92 Å². The lowest BCUT2D eigenvalue weighted by Crippen LogP contribution is -2.51. The van der Waals surface area contributed by atoms with E-state index in [1.807, 2.05) is 0 Å². The van der Waals surface area contributed by atoms with Gasteiger partial charge in [0.1, 0.15) is 0 Å². The number of ether oxygens (including phenoxy) is 1. The summed E-state index contributed by atoms with van der Waals surface area (Å²) in [4.78, 5) is 2.74. The minimum absolute atomic E-state index is 0.0564. The second-order valence-electron chi connectivity index (χ2n) is 7.26. The third-order valence-corrected chi connectivity index (χ3v) is 4.67. The van der Waals surface area contributed by atoms with Crippen LogP contribution in [0.5, 0.6) is 0 Å². The van der Waals surface area contributed by atoms with E-state index in [2.05, 4.69) is 37.9 Å². The molecule has 1 N–H and O–H groups in total. The Kier molecular flexibility index (Phi) is 5.27. The predicted molar refractivity (Wildman–Crippen MR) is 80.5 cm³/mol. The Morgan fingerprint density at radius 1 is 1.32 bits per heavy atom. The molecule has 0 aliphatic carbocycles. The van der Waals surface area contributed by atoms with E-state index in [1.54, 1.807) is 0 Å². The SMILES string of the molecule is CC(C)N(CC1CCCNC1)C1CCOC(C)(C)C1. The highest BCUT2D eigenvalue weighted by atomic mass is 16.5. The van der Waals surface area contributed by atoms with Crippen LogP contribution in [0.4, 0.5) is 0 Å². The number of hydrogen-bond acceptors (Lipinski definition) is 3. The van der Waals surface area contributed by atoms with Gasteiger partial charge >= 0.3 is 0 Å². The Hall–Kier alpha value is -0.120. The first-order valence-corrected chi connectivity index (χ1v) is 8.08. The number of piperidine rings is 1. The summed E-state index contributed by atoms with van der Waals surface area (Å²) in [5.74, 6) is 0.835. The summed E-state index contributed by atoms with van der Waals surface area (Å²) >= 11 is 0. The Labute approximate surface area is 119 Å². The van der Waals surface area contributed by atoms with E-state index in [4.69, 9.17) is 4.74 Å². The molecule has 0 spiro atoms. The minimum Gasteiger partial charge on any atom is -0.375 e. The standard InChI is InChI=1S/C16H32N2O/c1-13(2)18(12-14-6-5-8-17-11-14)15-7-9-19-16(3,4)10-15/h13-15,17H,5-12H2,1-4H3. The molecular formula is C16H32N2O. The summed E-state index contributed by atoms with van der Waals surface area (Å²) in [5, 5.41) is 3.55. The van der Waals surface area contributed by atoms with Gasteiger partial charge in [0.2, 0.25) is 0 Å². The van der Waals surface area contributed by atoms with Crippen molar-refractivity contribution in [3.63, 3.8) is 0 Å². The van der Waals surface area contributed by atoms with Crippen molar-refractivity contribution in [3.05, 3.63) is 0 Å². The van der Waals surface area contributed by atoms with Crippen LogP contribution in [0, 0.1) is 5.92 Å². The summed E-state index contributed by atoms with van der Waals surface area (Å²) in [5.41, 5.74) is 0.0564. The van der Waals surface area contributed by atoms with Crippen LogP contribution in [-0.2, 0) is 4.74 Å². The molecule has 2 aliphatic heterocycles. The monoisotopic (exact) mass is 268 g/mol. The molecule has 0 radical (unpaired) electrons. The quantitative estimate of drug-likeness (QED) is 0.848. The Morgan fingerprint density at radius 3 is 2.68 bits per heavy atom. The molecule has 3 nitrogen and oxygen atoms in total. The highest BCUT2D eigenvalue weighted by Gasteiger charge is 2.34. The van der Waals surface area contributed by atoms with Crippen molar-refractivity contribution in [1.82, 2.24) is 10.2 Å². The fourth-order valence-electron chi connectivity index (χ4n) is 3.64. The molecule has 112 valence electrons. The second-order valence-corrected chi connectivity index (χ2v) is 7.26. The fraction of sp³-hybridized carbons (Fsp3) is 1.00. The van der Waals surface area contributed by atoms with Gasteiger partial charge in [0, 0.05) is 25.2 Å². The molecule has 2 fully saturated rings. The smallest absolute Gasteiger partial charge is 0.0641 e. The second kappa shape index (κ2) is 6.55. The molecular weight excluding hydrogens is 236 g/mol.